The molecule has 1 saturated heterocycles. The number of aryl methyl sites for hydroxylation is 2. The molecule has 0 radical (unpaired) electrons. The van der Waals surface area contributed by atoms with E-state index in [9.17, 15) is 18.3 Å². The number of aliphatic hydroxyl groups is 1. The number of nitrogens with zero attached hydrogens (tertiary/aromatic N) is 2. The van der Waals surface area contributed by atoms with Gasteiger partial charge < -0.3 is 14.9 Å². The summed E-state index contributed by atoms with van der Waals surface area (Å²) in [5, 5.41) is 9.65. The van der Waals surface area contributed by atoms with Crippen LogP contribution in [-0.4, -0.2) is 63.2 Å². The maximum absolute atomic E-state index is 12.8. The Morgan fingerprint density at radius 1 is 1.07 bits per heavy atom. The van der Waals surface area contributed by atoms with Crippen molar-refractivity contribution in [1.82, 2.24) is 9.62 Å². The average molecular weight is 418 g/mol. The lowest BCUT2D eigenvalue weighted by Crippen LogP contribution is -2.56. The molecular formula is C21H27N3O4S. The third-order valence-corrected chi connectivity index (χ3v) is 6.62. The van der Waals surface area contributed by atoms with E-state index in [1.807, 2.05) is 6.92 Å². The van der Waals surface area contributed by atoms with Crippen molar-refractivity contribution in [2.75, 3.05) is 37.7 Å². The third-order valence-electron chi connectivity index (χ3n) is 5.13. The van der Waals surface area contributed by atoms with Crippen LogP contribution in [0.25, 0.3) is 0 Å². The molecule has 1 atom stereocenters. The molecule has 1 fully saturated rings. The highest BCUT2D eigenvalue weighted by Crippen LogP contribution is 2.23. The van der Waals surface area contributed by atoms with Crippen LogP contribution in [0.1, 0.15) is 11.1 Å². The zero-order valence-corrected chi connectivity index (χ0v) is 17.5. The number of piperazine rings is 1. The predicted molar refractivity (Wildman–Crippen MR) is 112 cm³/mol. The van der Waals surface area contributed by atoms with Gasteiger partial charge in [0.15, 0.2) is 0 Å². The van der Waals surface area contributed by atoms with Gasteiger partial charge in [-0.05, 0) is 43.2 Å². The molecule has 3 rings (SSSR count). The Balaban J connectivity index is 1.65. The molecule has 0 bridgehead atoms. The van der Waals surface area contributed by atoms with Crippen molar-refractivity contribution in [3.8, 4) is 0 Å². The molecular weight excluding hydrogens is 390 g/mol. The number of anilines is 1. The molecule has 8 heteroatoms. The largest absolute Gasteiger partial charge is 0.394 e. The summed E-state index contributed by atoms with van der Waals surface area (Å²) in [7, 11) is -3.89. The number of carbonyl (C=O) groups excluding carboxylic acids is 1. The summed E-state index contributed by atoms with van der Waals surface area (Å²) in [6, 6.07) is 12.9. The fourth-order valence-electron chi connectivity index (χ4n) is 3.47. The summed E-state index contributed by atoms with van der Waals surface area (Å²) in [6.07, 6.45) is 0. The molecule has 0 spiro atoms. The van der Waals surface area contributed by atoms with Gasteiger partial charge in [-0.15, -0.1) is 0 Å². The normalized spacial score (nSPS) is 16.0. The summed E-state index contributed by atoms with van der Waals surface area (Å²) in [5.41, 5.74) is 3.51. The van der Waals surface area contributed by atoms with Crippen LogP contribution in [0.3, 0.4) is 0 Å². The third kappa shape index (κ3) is 4.95. The van der Waals surface area contributed by atoms with E-state index >= 15 is 0 Å². The number of hydrogen-bond donors (Lipinski definition) is 2. The molecule has 7 nitrogen and oxygen atoms in total. The van der Waals surface area contributed by atoms with Crippen LogP contribution in [0.4, 0.5) is 5.69 Å². The topological polar surface area (TPSA) is 89.9 Å². The first-order valence-electron chi connectivity index (χ1n) is 9.61. The lowest BCUT2D eigenvalue weighted by molar-refractivity contribution is -0.134. The van der Waals surface area contributed by atoms with Gasteiger partial charge >= 0.3 is 0 Å². The number of hydrogen-bond acceptors (Lipinski definition) is 5. The van der Waals surface area contributed by atoms with Crippen LogP contribution in [0.5, 0.6) is 0 Å². The summed E-state index contributed by atoms with van der Waals surface area (Å²) in [6.45, 7) is 5.76. The molecule has 0 saturated carbocycles. The van der Waals surface area contributed by atoms with Crippen LogP contribution in [-0.2, 0) is 14.8 Å². The van der Waals surface area contributed by atoms with Gasteiger partial charge in [-0.2, -0.15) is 4.72 Å². The SMILES string of the molecule is Cc1ccc(C)c(N2CCN(C(=O)[C@H](CO)NS(=O)(=O)c3ccccc3)CC2)c1. The number of nitrogens with one attached hydrogen (secondary N) is 1. The first-order valence-corrected chi connectivity index (χ1v) is 11.1. The lowest BCUT2D eigenvalue weighted by Gasteiger charge is -2.38. The molecule has 0 aromatic heterocycles. The Bertz CT molecular complexity index is 955. The number of rotatable bonds is 6. The Morgan fingerprint density at radius 3 is 2.34 bits per heavy atom. The van der Waals surface area contributed by atoms with Crippen LogP contribution >= 0.6 is 0 Å². The van der Waals surface area contributed by atoms with Crippen molar-refractivity contribution in [1.29, 1.82) is 0 Å². The van der Waals surface area contributed by atoms with E-state index in [0.29, 0.717) is 26.2 Å². The molecule has 1 heterocycles. The monoisotopic (exact) mass is 417 g/mol. The zero-order valence-electron chi connectivity index (χ0n) is 16.7. The van der Waals surface area contributed by atoms with Crippen molar-refractivity contribution in [3.63, 3.8) is 0 Å². The van der Waals surface area contributed by atoms with E-state index < -0.39 is 28.6 Å². The Labute approximate surface area is 172 Å². The van der Waals surface area contributed by atoms with Gasteiger partial charge in [0, 0.05) is 31.9 Å². The molecule has 1 amide bonds. The zero-order chi connectivity index (χ0) is 21.0. The van der Waals surface area contributed by atoms with E-state index in [4.69, 9.17) is 0 Å². The van der Waals surface area contributed by atoms with Gasteiger partial charge in [-0.3, -0.25) is 4.79 Å². The van der Waals surface area contributed by atoms with Crippen molar-refractivity contribution in [2.45, 2.75) is 24.8 Å². The maximum atomic E-state index is 12.8. The van der Waals surface area contributed by atoms with Gasteiger partial charge in [0.05, 0.1) is 11.5 Å². The minimum absolute atomic E-state index is 0.0611. The van der Waals surface area contributed by atoms with Gasteiger partial charge in [-0.1, -0.05) is 30.3 Å². The summed E-state index contributed by atoms with van der Waals surface area (Å²) >= 11 is 0. The number of aliphatic hydroxyl groups excluding tert-OH is 1. The molecule has 2 aromatic carbocycles. The van der Waals surface area contributed by atoms with Gasteiger partial charge in [0.2, 0.25) is 15.9 Å². The Morgan fingerprint density at radius 2 is 1.72 bits per heavy atom. The van der Waals surface area contributed by atoms with Crippen molar-refractivity contribution in [2.24, 2.45) is 0 Å². The first-order chi connectivity index (χ1) is 13.8. The highest BCUT2D eigenvalue weighted by atomic mass is 32.2. The highest BCUT2D eigenvalue weighted by molar-refractivity contribution is 7.89. The van der Waals surface area contributed by atoms with Gasteiger partial charge in [0.1, 0.15) is 6.04 Å². The summed E-state index contributed by atoms with van der Waals surface area (Å²) < 4.78 is 27.3. The molecule has 156 valence electrons. The van der Waals surface area contributed by atoms with Crippen molar-refractivity contribution >= 4 is 21.6 Å². The lowest BCUT2D eigenvalue weighted by atomic mass is 10.1. The molecule has 2 N–H and O–H groups in total. The van der Waals surface area contributed by atoms with Gasteiger partial charge in [0.25, 0.3) is 0 Å². The van der Waals surface area contributed by atoms with E-state index in [0.717, 1.165) is 5.69 Å². The quantitative estimate of drug-likeness (QED) is 0.739. The molecule has 29 heavy (non-hydrogen) atoms. The fourth-order valence-corrected chi connectivity index (χ4v) is 4.67. The highest BCUT2D eigenvalue weighted by Gasteiger charge is 2.31. The Hall–Kier alpha value is -2.42. The summed E-state index contributed by atoms with van der Waals surface area (Å²) in [4.78, 5) is 16.7. The second-order valence-corrected chi connectivity index (χ2v) is 8.99. The van der Waals surface area contributed by atoms with Crippen molar-refractivity contribution < 1.29 is 18.3 Å². The minimum atomic E-state index is -3.89. The predicted octanol–water partition coefficient (Wildman–Crippen LogP) is 1.29. The number of carbonyl (C=O) groups is 1. The molecule has 2 aromatic rings. The van der Waals surface area contributed by atoms with Crippen LogP contribution in [0.2, 0.25) is 0 Å². The number of benzene rings is 2. The average Bonchev–Trinajstić information content (AvgIpc) is 2.74. The van der Waals surface area contributed by atoms with E-state index in [2.05, 4.69) is 34.7 Å². The molecule has 0 aliphatic carbocycles. The van der Waals surface area contributed by atoms with Gasteiger partial charge in [-0.25, -0.2) is 8.42 Å². The van der Waals surface area contributed by atoms with Crippen molar-refractivity contribution in [3.05, 3.63) is 59.7 Å². The smallest absolute Gasteiger partial charge is 0.243 e. The maximum Gasteiger partial charge on any atom is 0.243 e. The van der Waals surface area contributed by atoms with E-state index in [1.54, 1.807) is 23.1 Å². The molecule has 0 unspecified atom stereocenters. The van der Waals surface area contributed by atoms with Crippen LogP contribution in [0.15, 0.2) is 53.4 Å². The first kappa shape index (κ1) is 21.3. The standard InChI is InChI=1S/C21H27N3O4S/c1-16-8-9-17(2)20(14-16)23-10-12-24(13-11-23)21(26)19(15-25)22-29(27,28)18-6-4-3-5-7-18/h3-9,14,19,22,25H,10-13,15H2,1-2H3/t19-/m0/s1. The molecule has 1 aliphatic rings. The molecule has 1 aliphatic heterocycles. The number of amides is 1. The minimum Gasteiger partial charge on any atom is -0.394 e. The second-order valence-electron chi connectivity index (χ2n) is 7.27. The van der Waals surface area contributed by atoms with E-state index in [1.165, 1.54) is 23.3 Å². The van der Waals surface area contributed by atoms with Crippen LogP contribution in [0, 0.1) is 13.8 Å². The summed E-state index contributed by atoms with van der Waals surface area (Å²) in [5.74, 6) is -0.410. The second kappa shape index (κ2) is 8.94. The van der Waals surface area contributed by atoms with Crippen LogP contribution < -0.4 is 9.62 Å². The van der Waals surface area contributed by atoms with E-state index in [-0.39, 0.29) is 4.90 Å². The fraction of sp³-hybridized carbons (Fsp3) is 0.381. The number of sulfonamides is 1. The Kier molecular flexibility index (Phi) is 6.56.